The van der Waals surface area contributed by atoms with Gasteiger partial charge in [-0.05, 0) is 43.4 Å². The highest BCUT2D eigenvalue weighted by Crippen LogP contribution is 2.28. The Balaban J connectivity index is 0.00000420. The van der Waals surface area contributed by atoms with E-state index in [9.17, 15) is 0 Å². The highest BCUT2D eigenvalue weighted by molar-refractivity contribution is 14.0. The summed E-state index contributed by atoms with van der Waals surface area (Å²) in [7, 11) is 3.45. The van der Waals surface area contributed by atoms with Crippen LogP contribution in [0.25, 0.3) is 0 Å². The maximum absolute atomic E-state index is 5.65. The molecule has 162 valence electrons. The topological polar surface area (TPSA) is 67.8 Å². The quantitative estimate of drug-likeness (QED) is 0.203. The Labute approximate surface area is 195 Å². The third-order valence-electron chi connectivity index (χ3n) is 4.25. The van der Waals surface area contributed by atoms with Crippen LogP contribution >= 0.6 is 35.3 Å². The number of hydrogen-bond acceptors (Lipinski definition) is 5. The van der Waals surface area contributed by atoms with Crippen molar-refractivity contribution in [3.05, 3.63) is 39.8 Å². The van der Waals surface area contributed by atoms with E-state index in [-0.39, 0.29) is 24.0 Å². The van der Waals surface area contributed by atoms with E-state index in [1.807, 2.05) is 13.0 Å². The predicted octanol–water partition coefficient (Wildman–Crippen LogP) is 4.59. The minimum absolute atomic E-state index is 0. The van der Waals surface area contributed by atoms with E-state index in [1.165, 1.54) is 5.56 Å². The average molecular weight is 532 g/mol. The Kier molecular flexibility index (Phi) is 12.0. The zero-order valence-electron chi connectivity index (χ0n) is 17.9. The number of nitrogens with zero attached hydrogens (tertiary/aromatic N) is 2. The summed E-state index contributed by atoms with van der Waals surface area (Å²) in [5, 5.41) is 9.89. The number of halogens is 1. The maximum atomic E-state index is 5.65. The standard InChI is InChI=1S/C21H32N4O2S.HI/c1-6-27-19-12-16(9-10-18(19)26-5)8-7-11-23-21(22-4)24-13-20-25-17(14-28-20)15(2)3;/h9-10,12,14-15H,6-8,11,13H2,1-5H3,(H2,22,23,24);1H. The van der Waals surface area contributed by atoms with Crippen molar-refractivity contribution in [1.29, 1.82) is 0 Å². The third-order valence-corrected chi connectivity index (χ3v) is 5.12. The van der Waals surface area contributed by atoms with Gasteiger partial charge < -0.3 is 20.1 Å². The second-order valence-electron chi connectivity index (χ2n) is 6.70. The molecule has 0 bridgehead atoms. The number of aryl methyl sites for hydroxylation is 1. The first-order valence-electron chi connectivity index (χ1n) is 9.75. The van der Waals surface area contributed by atoms with Crippen molar-refractivity contribution in [1.82, 2.24) is 15.6 Å². The van der Waals surface area contributed by atoms with Crippen molar-refractivity contribution in [3.63, 3.8) is 0 Å². The highest BCUT2D eigenvalue weighted by atomic mass is 127. The number of hydrogen-bond donors (Lipinski definition) is 2. The molecule has 0 aliphatic heterocycles. The maximum Gasteiger partial charge on any atom is 0.191 e. The van der Waals surface area contributed by atoms with Crippen molar-refractivity contribution < 1.29 is 9.47 Å². The fourth-order valence-corrected chi connectivity index (χ4v) is 3.59. The molecule has 1 aromatic carbocycles. The summed E-state index contributed by atoms with van der Waals surface area (Å²) >= 11 is 1.69. The minimum Gasteiger partial charge on any atom is -0.493 e. The number of nitrogens with one attached hydrogen (secondary N) is 2. The Morgan fingerprint density at radius 1 is 1.24 bits per heavy atom. The van der Waals surface area contributed by atoms with E-state index in [4.69, 9.17) is 9.47 Å². The monoisotopic (exact) mass is 532 g/mol. The Hall–Kier alpha value is -1.55. The molecule has 1 heterocycles. The number of aromatic nitrogens is 1. The van der Waals surface area contributed by atoms with Crippen LogP contribution in [-0.2, 0) is 13.0 Å². The molecular formula is C21H33IN4O2S. The van der Waals surface area contributed by atoms with Crippen molar-refractivity contribution in [2.45, 2.75) is 46.1 Å². The lowest BCUT2D eigenvalue weighted by molar-refractivity contribution is 0.310. The fraction of sp³-hybridized carbons (Fsp3) is 0.524. The van der Waals surface area contributed by atoms with E-state index in [2.05, 4.69) is 52.0 Å². The van der Waals surface area contributed by atoms with Gasteiger partial charge in [0.05, 0.1) is 26.0 Å². The van der Waals surface area contributed by atoms with Crippen LogP contribution < -0.4 is 20.1 Å². The summed E-state index contributed by atoms with van der Waals surface area (Å²) in [6.45, 7) is 8.45. The van der Waals surface area contributed by atoms with Crippen LogP contribution in [0.5, 0.6) is 11.5 Å². The molecule has 0 unspecified atom stereocenters. The SMILES string of the molecule is CCOc1cc(CCCNC(=NC)NCc2nc(C(C)C)cs2)ccc1OC.I. The van der Waals surface area contributed by atoms with Gasteiger partial charge in [-0.25, -0.2) is 4.98 Å². The van der Waals surface area contributed by atoms with Crippen molar-refractivity contribution >= 4 is 41.3 Å². The molecular weight excluding hydrogens is 499 g/mol. The van der Waals surface area contributed by atoms with Gasteiger partial charge in [0.25, 0.3) is 0 Å². The molecule has 0 saturated carbocycles. The van der Waals surface area contributed by atoms with Gasteiger partial charge in [0.15, 0.2) is 17.5 Å². The predicted molar refractivity (Wildman–Crippen MR) is 132 cm³/mol. The Bertz CT molecular complexity index is 765. The zero-order valence-corrected chi connectivity index (χ0v) is 21.1. The lowest BCUT2D eigenvalue weighted by Gasteiger charge is -2.12. The lowest BCUT2D eigenvalue weighted by Crippen LogP contribution is -2.37. The van der Waals surface area contributed by atoms with E-state index in [0.29, 0.717) is 19.1 Å². The molecule has 0 aliphatic rings. The van der Waals surface area contributed by atoms with Crippen LogP contribution in [-0.4, -0.2) is 38.3 Å². The number of ether oxygens (including phenoxy) is 2. The summed E-state index contributed by atoms with van der Waals surface area (Å²) in [5.41, 5.74) is 2.38. The number of methoxy groups -OCH3 is 1. The largest absolute Gasteiger partial charge is 0.493 e. The first kappa shape index (κ1) is 25.5. The number of aliphatic imine (C=N–C) groups is 1. The molecule has 0 fully saturated rings. The lowest BCUT2D eigenvalue weighted by atomic mass is 10.1. The second-order valence-corrected chi connectivity index (χ2v) is 7.64. The second kappa shape index (κ2) is 13.6. The van der Waals surface area contributed by atoms with Gasteiger partial charge in [-0.15, -0.1) is 35.3 Å². The molecule has 0 aliphatic carbocycles. The van der Waals surface area contributed by atoms with Crippen LogP contribution in [0.15, 0.2) is 28.6 Å². The molecule has 0 radical (unpaired) electrons. The zero-order chi connectivity index (χ0) is 20.4. The van der Waals surface area contributed by atoms with Crippen LogP contribution in [0, 0.1) is 0 Å². The number of guanidine groups is 1. The van der Waals surface area contributed by atoms with Gasteiger partial charge >= 0.3 is 0 Å². The highest BCUT2D eigenvalue weighted by Gasteiger charge is 2.07. The smallest absolute Gasteiger partial charge is 0.191 e. The number of thiazole rings is 1. The van der Waals surface area contributed by atoms with E-state index in [0.717, 1.165) is 47.5 Å². The van der Waals surface area contributed by atoms with Gasteiger partial charge in [0.1, 0.15) is 5.01 Å². The molecule has 0 atom stereocenters. The molecule has 2 N–H and O–H groups in total. The number of rotatable bonds is 10. The molecule has 2 aromatic rings. The van der Waals surface area contributed by atoms with Crippen molar-refractivity contribution in [3.8, 4) is 11.5 Å². The number of benzene rings is 1. The van der Waals surface area contributed by atoms with Crippen molar-refractivity contribution in [2.75, 3.05) is 27.3 Å². The molecule has 0 amide bonds. The van der Waals surface area contributed by atoms with Gasteiger partial charge in [0.2, 0.25) is 0 Å². The van der Waals surface area contributed by atoms with E-state index < -0.39 is 0 Å². The van der Waals surface area contributed by atoms with E-state index in [1.54, 1.807) is 25.5 Å². The fourth-order valence-electron chi connectivity index (χ4n) is 2.70. The summed E-state index contributed by atoms with van der Waals surface area (Å²) in [5.74, 6) is 2.84. The summed E-state index contributed by atoms with van der Waals surface area (Å²) < 4.78 is 11.0. The summed E-state index contributed by atoms with van der Waals surface area (Å²) in [4.78, 5) is 8.93. The minimum atomic E-state index is 0. The molecule has 0 saturated heterocycles. The van der Waals surface area contributed by atoms with Gasteiger partial charge in [-0.3, -0.25) is 4.99 Å². The molecule has 2 rings (SSSR count). The third kappa shape index (κ3) is 8.38. The Morgan fingerprint density at radius 2 is 2.03 bits per heavy atom. The van der Waals surface area contributed by atoms with Crippen LogP contribution in [0.4, 0.5) is 0 Å². The molecule has 0 spiro atoms. The average Bonchev–Trinajstić information content (AvgIpc) is 3.17. The van der Waals surface area contributed by atoms with E-state index >= 15 is 0 Å². The first-order chi connectivity index (χ1) is 13.6. The molecule has 6 nitrogen and oxygen atoms in total. The molecule has 29 heavy (non-hydrogen) atoms. The summed E-state index contributed by atoms with van der Waals surface area (Å²) in [6.07, 6.45) is 1.95. The summed E-state index contributed by atoms with van der Waals surface area (Å²) in [6, 6.07) is 6.11. The van der Waals surface area contributed by atoms with Gasteiger partial charge in [0, 0.05) is 19.0 Å². The first-order valence-corrected chi connectivity index (χ1v) is 10.6. The van der Waals surface area contributed by atoms with Crippen molar-refractivity contribution in [2.24, 2.45) is 4.99 Å². The van der Waals surface area contributed by atoms with Crippen LogP contribution in [0.3, 0.4) is 0 Å². The van der Waals surface area contributed by atoms with Gasteiger partial charge in [-0.2, -0.15) is 0 Å². The van der Waals surface area contributed by atoms with Crippen LogP contribution in [0.2, 0.25) is 0 Å². The van der Waals surface area contributed by atoms with Gasteiger partial charge in [-0.1, -0.05) is 19.9 Å². The molecule has 8 heteroatoms. The Morgan fingerprint density at radius 3 is 2.66 bits per heavy atom. The molecule has 1 aromatic heterocycles. The van der Waals surface area contributed by atoms with Crippen LogP contribution in [0.1, 0.15) is 49.4 Å². The normalized spacial score (nSPS) is 11.2.